The van der Waals surface area contributed by atoms with Crippen LogP contribution >= 0.6 is 0 Å². The molecule has 1 saturated heterocycles. The molecule has 6 nitrogen and oxygen atoms in total. The van der Waals surface area contributed by atoms with Crippen molar-refractivity contribution in [3.8, 4) is 0 Å². The van der Waals surface area contributed by atoms with E-state index < -0.39 is 0 Å². The number of rotatable bonds is 4. The van der Waals surface area contributed by atoms with Gasteiger partial charge in [0.1, 0.15) is 5.82 Å². The summed E-state index contributed by atoms with van der Waals surface area (Å²) in [5.74, 6) is 1.25. The van der Waals surface area contributed by atoms with Gasteiger partial charge in [-0.3, -0.25) is 4.79 Å². The molecule has 1 aliphatic heterocycles. The van der Waals surface area contributed by atoms with E-state index in [1.165, 1.54) is 24.3 Å². The highest BCUT2D eigenvalue weighted by molar-refractivity contribution is 5.91. The van der Waals surface area contributed by atoms with E-state index in [4.69, 9.17) is 0 Å². The number of hydrogen-bond donors (Lipinski definition) is 1. The number of hydrogen-bond acceptors (Lipinski definition) is 5. The molecule has 20 heavy (non-hydrogen) atoms. The number of anilines is 1. The minimum Gasteiger partial charge on any atom is -0.368 e. The van der Waals surface area contributed by atoms with E-state index in [9.17, 15) is 4.79 Å². The highest BCUT2D eigenvalue weighted by Gasteiger charge is 2.17. The van der Waals surface area contributed by atoms with Gasteiger partial charge in [-0.15, -0.1) is 10.2 Å². The fraction of sp³-hybridized carbons (Fsp3) is 0.643. The normalized spacial score (nSPS) is 19.6. The Balaban J connectivity index is 1.86. The summed E-state index contributed by atoms with van der Waals surface area (Å²) in [6.07, 6.45) is 2.51. The SMILES string of the molecule is CN1CCCC(CNc2ccc(C(=O)N(C)C)nn2)C1. The summed E-state index contributed by atoms with van der Waals surface area (Å²) in [7, 11) is 5.57. The van der Waals surface area contributed by atoms with E-state index in [1.54, 1.807) is 20.2 Å². The molecular weight excluding hydrogens is 254 g/mol. The van der Waals surface area contributed by atoms with E-state index in [1.807, 2.05) is 6.07 Å². The molecule has 0 spiro atoms. The molecule has 0 saturated carbocycles. The molecule has 2 rings (SSSR count). The summed E-state index contributed by atoms with van der Waals surface area (Å²) < 4.78 is 0. The molecule has 0 aromatic carbocycles. The van der Waals surface area contributed by atoms with Crippen LogP contribution < -0.4 is 5.32 Å². The van der Waals surface area contributed by atoms with Gasteiger partial charge in [0, 0.05) is 27.2 Å². The van der Waals surface area contributed by atoms with Gasteiger partial charge < -0.3 is 15.1 Å². The molecule has 0 aliphatic carbocycles. The molecule has 1 aliphatic rings. The number of amides is 1. The fourth-order valence-corrected chi connectivity index (χ4v) is 2.46. The van der Waals surface area contributed by atoms with Crippen molar-refractivity contribution in [3.05, 3.63) is 17.8 Å². The Morgan fingerprint density at radius 2 is 2.25 bits per heavy atom. The smallest absolute Gasteiger partial charge is 0.273 e. The second-order valence-electron chi connectivity index (χ2n) is 5.65. The van der Waals surface area contributed by atoms with E-state index in [0.29, 0.717) is 11.6 Å². The first kappa shape index (κ1) is 14.7. The van der Waals surface area contributed by atoms with Gasteiger partial charge in [0.15, 0.2) is 5.69 Å². The number of likely N-dealkylation sites (tertiary alicyclic amines) is 1. The predicted octanol–water partition coefficient (Wildman–Crippen LogP) is 0.932. The average Bonchev–Trinajstić information content (AvgIpc) is 2.45. The second-order valence-corrected chi connectivity index (χ2v) is 5.65. The van der Waals surface area contributed by atoms with Crippen LogP contribution in [0.4, 0.5) is 5.82 Å². The van der Waals surface area contributed by atoms with E-state index >= 15 is 0 Å². The van der Waals surface area contributed by atoms with E-state index in [-0.39, 0.29) is 5.91 Å². The third-order valence-corrected chi connectivity index (χ3v) is 3.58. The number of piperidine rings is 1. The Labute approximate surface area is 120 Å². The molecule has 1 amide bonds. The van der Waals surface area contributed by atoms with Gasteiger partial charge in [-0.2, -0.15) is 0 Å². The first-order chi connectivity index (χ1) is 9.56. The molecule has 1 N–H and O–H groups in total. The van der Waals surface area contributed by atoms with Crippen LogP contribution in [0.5, 0.6) is 0 Å². The summed E-state index contributed by atoms with van der Waals surface area (Å²) in [4.78, 5) is 15.6. The lowest BCUT2D eigenvalue weighted by atomic mass is 9.98. The minimum atomic E-state index is -0.127. The molecule has 1 fully saturated rings. The van der Waals surface area contributed by atoms with Gasteiger partial charge in [0.25, 0.3) is 5.91 Å². The van der Waals surface area contributed by atoms with Gasteiger partial charge >= 0.3 is 0 Å². The topological polar surface area (TPSA) is 61.4 Å². The summed E-state index contributed by atoms with van der Waals surface area (Å²) >= 11 is 0. The molecule has 6 heteroatoms. The van der Waals surface area contributed by atoms with Crippen LogP contribution in [0.15, 0.2) is 12.1 Å². The van der Waals surface area contributed by atoms with Crippen molar-refractivity contribution in [2.45, 2.75) is 12.8 Å². The first-order valence-electron chi connectivity index (χ1n) is 7.04. The number of carbonyl (C=O) groups is 1. The van der Waals surface area contributed by atoms with Crippen LogP contribution in [-0.4, -0.2) is 66.7 Å². The van der Waals surface area contributed by atoms with E-state index in [2.05, 4.69) is 27.5 Å². The Kier molecular flexibility index (Phi) is 4.89. The maximum absolute atomic E-state index is 11.7. The first-order valence-corrected chi connectivity index (χ1v) is 7.04. The number of nitrogens with zero attached hydrogens (tertiary/aromatic N) is 4. The largest absolute Gasteiger partial charge is 0.368 e. The third-order valence-electron chi connectivity index (χ3n) is 3.58. The Morgan fingerprint density at radius 3 is 2.85 bits per heavy atom. The highest BCUT2D eigenvalue weighted by atomic mass is 16.2. The van der Waals surface area contributed by atoms with Crippen LogP contribution in [0, 0.1) is 5.92 Å². The van der Waals surface area contributed by atoms with Gasteiger partial charge in [0.2, 0.25) is 0 Å². The van der Waals surface area contributed by atoms with Gasteiger partial charge in [-0.25, -0.2) is 0 Å². The summed E-state index contributed by atoms with van der Waals surface area (Å²) in [6, 6.07) is 3.53. The van der Waals surface area contributed by atoms with Gasteiger partial charge in [0.05, 0.1) is 0 Å². The summed E-state index contributed by atoms with van der Waals surface area (Å²) in [5.41, 5.74) is 0.373. The van der Waals surface area contributed by atoms with Crippen molar-refractivity contribution in [1.82, 2.24) is 20.0 Å². The third kappa shape index (κ3) is 3.90. The zero-order valence-electron chi connectivity index (χ0n) is 12.5. The van der Waals surface area contributed by atoms with Crippen LogP contribution in [0.2, 0.25) is 0 Å². The lowest BCUT2D eigenvalue weighted by Crippen LogP contribution is -2.35. The van der Waals surface area contributed by atoms with Crippen LogP contribution in [0.3, 0.4) is 0 Å². The highest BCUT2D eigenvalue weighted by Crippen LogP contribution is 2.15. The minimum absolute atomic E-state index is 0.127. The van der Waals surface area contributed by atoms with Crippen molar-refractivity contribution in [2.75, 3.05) is 46.1 Å². The molecule has 0 radical (unpaired) electrons. The lowest BCUT2D eigenvalue weighted by molar-refractivity contribution is 0.0821. The molecule has 1 atom stereocenters. The van der Waals surface area contributed by atoms with Crippen molar-refractivity contribution < 1.29 is 4.79 Å². The number of carbonyl (C=O) groups excluding carboxylic acids is 1. The molecule has 0 bridgehead atoms. The standard InChI is InChI=1S/C14H23N5O/c1-18(2)14(20)12-6-7-13(17-16-12)15-9-11-5-4-8-19(3)10-11/h6-7,11H,4-5,8-10H2,1-3H3,(H,15,17). The molecule has 1 unspecified atom stereocenters. The average molecular weight is 277 g/mol. The number of nitrogens with one attached hydrogen (secondary N) is 1. The second kappa shape index (κ2) is 6.65. The Morgan fingerprint density at radius 1 is 1.45 bits per heavy atom. The molecule has 110 valence electrons. The fourth-order valence-electron chi connectivity index (χ4n) is 2.46. The molecule has 2 heterocycles. The zero-order chi connectivity index (χ0) is 14.5. The van der Waals surface area contributed by atoms with Crippen molar-refractivity contribution in [3.63, 3.8) is 0 Å². The molecule has 1 aromatic rings. The summed E-state index contributed by atoms with van der Waals surface area (Å²) in [5, 5.41) is 11.3. The van der Waals surface area contributed by atoms with Crippen molar-refractivity contribution >= 4 is 11.7 Å². The predicted molar refractivity (Wildman–Crippen MR) is 78.8 cm³/mol. The Bertz CT molecular complexity index is 445. The molecular formula is C14H23N5O. The quantitative estimate of drug-likeness (QED) is 0.887. The van der Waals surface area contributed by atoms with Crippen molar-refractivity contribution in [2.24, 2.45) is 5.92 Å². The van der Waals surface area contributed by atoms with Gasteiger partial charge in [-0.1, -0.05) is 0 Å². The van der Waals surface area contributed by atoms with Gasteiger partial charge in [-0.05, 0) is 44.5 Å². The van der Waals surface area contributed by atoms with Crippen molar-refractivity contribution in [1.29, 1.82) is 0 Å². The van der Waals surface area contributed by atoms with Crippen LogP contribution in [-0.2, 0) is 0 Å². The van der Waals surface area contributed by atoms with Crippen LogP contribution in [0.1, 0.15) is 23.3 Å². The van der Waals surface area contributed by atoms with E-state index in [0.717, 1.165) is 18.9 Å². The zero-order valence-corrected chi connectivity index (χ0v) is 12.5. The molecule has 1 aromatic heterocycles. The number of aromatic nitrogens is 2. The summed E-state index contributed by atoms with van der Waals surface area (Å²) in [6.45, 7) is 3.22. The maximum atomic E-state index is 11.7. The Hall–Kier alpha value is -1.69. The van der Waals surface area contributed by atoms with Crippen LogP contribution in [0.25, 0.3) is 0 Å². The monoisotopic (exact) mass is 277 g/mol. The lowest BCUT2D eigenvalue weighted by Gasteiger charge is -2.29. The maximum Gasteiger partial charge on any atom is 0.273 e.